The van der Waals surface area contributed by atoms with E-state index < -0.39 is 0 Å². The smallest absolute Gasteiger partial charge is 0.246 e. The lowest BCUT2D eigenvalue weighted by Gasteiger charge is -2.06. The lowest BCUT2D eigenvalue weighted by molar-refractivity contribution is -0.116. The van der Waals surface area contributed by atoms with Gasteiger partial charge in [0.2, 0.25) is 5.91 Å². The average Bonchev–Trinajstić information content (AvgIpc) is 3.38. The predicted molar refractivity (Wildman–Crippen MR) is 124 cm³/mol. The minimum atomic E-state index is -0.180. The van der Waals surface area contributed by atoms with Crippen molar-refractivity contribution in [2.45, 2.75) is 20.0 Å². The summed E-state index contributed by atoms with van der Waals surface area (Å²) in [6.45, 7) is 2.66. The number of aromatic nitrogens is 5. The minimum absolute atomic E-state index is 0.0689. The Bertz CT molecular complexity index is 1370. The second-order valence-corrected chi connectivity index (χ2v) is 7.63. The third-order valence-corrected chi connectivity index (χ3v) is 5.29. The van der Waals surface area contributed by atoms with E-state index in [9.17, 15) is 4.79 Å². The molecule has 1 amide bonds. The molecule has 2 aromatic carbocycles. The van der Waals surface area contributed by atoms with E-state index in [2.05, 4.69) is 32.6 Å². The molecule has 0 saturated carbocycles. The molecule has 5 rings (SSSR count). The highest BCUT2D eigenvalue weighted by molar-refractivity contribution is 5.96. The molecule has 158 valence electrons. The normalized spacial score (nSPS) is 11.0. The maximum absolute atomic E-state index is 12.7. The molecule has 0 atom stereocenters. The Kier molecular flexibility index (Phi) is 5.21. The number of hydrogen-bond acceptors (Lipinski definition) is 4. The molecule has 0 bridgehead atoms. The van der Waals surface area contributed by atoms with Gasteiger partial charge in [-0.3, -0.25) is 9.48 Å². The van der Waals surface area contributed by atoms with E-state index in [1.54, 1.807) is 21.8 Å². The molecule has 0 spiro atoms. The average molecular weight is 422 g/mol. The summed E-state index contributed by atoms with van der Waals surface area (Å²) in [5.74, 6) is -0.180. The fourth-order valence-corrected chi connectivity index (χ4v) is 3.87. The van der Waals surface area contributed by atoms with Crippen LogP contribution in [0.15, 0.2) is 85.3 Å². The summed E-state index contributed by atoms with van der Waals surface area (Å²) < 4.78 is 3.45. The van der Waals surface area contributed by atoms with Crippen LogP contribution in [0.5, 0.6) is 0 Å². The van der Waals surface area contributed by atoms with E-state index in [0.717, 1.165) is 27.8 Å². The van der Waals surface area contributed by atoms with Gasteiger partial charge in [0.15, 0.2) is 5.65 Å². The van der Waals surface area contributed by atoms with Crippen molar-refractivity contribution >= 4 is 22.6 Å². The molecule has 7 nitrogen and oxygen atoms in total. The van der Waals surface area contributed by atoms with Gasteiger partial charge in [0.25, 0.3) is 0 Å². The zero-order valence-corrected chi connectivity index (χ0v) is 17.6. The van der Waals surface area contributed by atoms with Crippen molar-refractivity contribution in [2.24, 2.45) is 0 Å². The van der Waals surface area contributed by atoms with E-state index >= 15 is 0 Å². The highest BCUT2D eigenvalue weighted by atomic mass is 16.2. The maximum atomic E-state index is 12.7. The maximum Gasteiger partial charge on any atom is 0.246 e. The number of rotatable bonds is 6. The second kappa shape index (κ2) is 8.47. The Labute approximate surface area is 185 Å². The topological polar surface area (TPSA) is 77.6 Å². The summed E-state index contributed by atoms with van der Waals surface area (Å²) in [6, 6.07) is 22.2. The van der Waals surface area contributed by atoms with Crippen molar-refractivity contribution in [3.8, 4) is 11.1 Å². The molecule has 32 heavy (non-hydrogen) atoms. The van der Waals surface area contributed by atoms with Gasteiger partial charge in [-0.1, -0.05) is 60.7 Å². The molecule has 0 aliphatic rings. The zero-order chi connectivity index (χ0) is 21.9. The number of carbonyl (C=O) groups excluding carboxylic acids is 1. The van der Waals surface area contributed by atoms with Crippen LogP contribution in [0.3, 0.4) is 0 Å². The zero-order valence-electron chi connectivity index (χ0n) is 17.6. The first-order chi connectivity index (χ1) is 15.7. The van der Waals surface area contributed by atoms with Crippen LogP contribution in [0.1, 0.15) is 11.3 Å². The molecular formula is C25H22N6O. The quantitative estimate of drug-likeness (QED) is 0.443. The van der Waals surface area contributed by atoms with Gasteiger partial charge in [-0.05, 0) is 29.7 Å². The predicted octanol–water partition coefficient (Wildman–Crippen LogP) is 4.29. The van der Waals surface area contributed by atoms with Gasteiger partial charge in [0.05, 0.1) is 24.1 Å². The molecule has 7 heteroatoms. The summed E-state index contributed by atoms with van der Waals surface area (Å²) in [7, 11) is 0. The number of pyridine rings is 1. The van der Waals surface area contributed by atoms with Gasteiger partial charge in [0.1, 0.15) is 6.54 Å². The summed E-state index contributed by atoms with van der Waals surface area (Å²) >= 11 is 0. The first kappa shape index (κ1) is 19.7. The molecule has 0 saturated heterocycles. The van der Waals surface area contributed by atoms with Crippen molar-refractivity contribution in [1.29, 1.82) is 0 Å². The number of nitrogens with one attached hydrogen (secondary N) is 1. The lowest BCUT2D eigenvalue weighted by Crippen LogP contribution is -2.19. The first-order valence-corrected chi connectivity index (χ1v) is 10.4. The molecule has 5 aromatic rings. The van der Waals surface area contributed by atoms with Crippen molar-refractivity contribution in [3.63, 3.8) is 0 Å². The Morgan fingerprint density at radius 3 is 2.53 bits per heavy atom. The Hall–Kier alpha value is -4.26. The van der Waals surface area contributed by atoms with Crippen molar-refractivity contribution in [2.75, 3.05) is 5.32 Å². The first-order valence-electron chi connectivity index (χ1n) is 10.4. The van der Waals surface area contributed by atoms with Gasteiger partial charge >= 0.3 is 0 Å². The molecule has 0 fully saturated rings. The number of amides is 1. The van der Waals surface area contributed by atoms with Crippen LogP contribution in [0.25, 0.3) is 22.2 Å². The molecule has 3 aromatic heterocycles. The van der Waals surface area contributed by atoms with Crippen LogP contribution >= 0.6 is 0 Å². The lowest BCUT2D eigenvalue weighted by atomic mass is 10.0. The highest BCUT2D eigenvalue weighted by Crippen LogP contribution is 2.29. The fourth-order valence-electron chi connectivity index (χ4n) is 3.87. The van der Waals surface area contributed by atoms with E-state index in [1.165, 1.54) is 0 Å². The largest absolute Gasteiger partial charge is 0.322 e. The van der Waals surface area contributed by atoms with E-state index in [-0.39, 0.29) is 12.5 Å². The van der Waals surface area contributed by atoms with Crippen molar-refractivity contribution in [3.05, 3.63) is 96.6 Å². The number of anilines is 1. The Morgan fingerprint density at radius 2 is 1.75 bits per heavy atom. The summed E-state index contributed by atoms with van der Waals surface area (Å²) in [6.07, 6.45) is 5.23. The number of hydrogen-bond donors (Lipinski definition) is 1. The number of carbonyl (C=O) groups is 1. The fraction of sp³-hybridized carbons (Fsp3) is 0.120. The van der Waals surface area contributed by atoms with Gasteiger partial charge in [-0.2, -0.15) is 10.2 Å². The molecule has 0 unspecified atom stereocenters. The van der Waals surface area contributed by atoms with Crippen molar-refractivity contribution in [1.82, 2.24) is 24.5 Å². The van der Waals surface area contributed by atoms with Crippen LogP contribution in [-0.4, -0.2) is 30.5 Å². The van der Waals surface area contributed by atoms with Crippen LogP contribution in [-0.2, 0) is 17.9 Å². The Morgan fingerprint density at radius 1 is 1.00 bits per heavy atom. The van der Waals surface area contributed by atoms with Gasteiger partial charge in [-0.25, -0.2) is 9.67 Å². The number of benzene rings is 2. The molecule has 1 N–H and O–H groups in total. The van der Waals surface area contributed by atoms with Gasteiger partial charge in [0, 0.05) is 17.8 Å². The highest BCUT2D eigenvalue weighted by Gasteiger charge is 2.16. The van der Waals surface area contributed by atoms with Crippen LogP contribution in [0, 0.1) is 6.92 Å². The van der Waals surface area contributed by atoms with Crippen molar-refractivity contribution < 1.29 is 4.79 Å². The van der Waals surface area contributed by atoms with Gasteiger partial charge < -0.3 is 5.32 Å². The van der Waals surface area contributed by atoms with E-state index in [0.29, 0.717) is 17.9 Å². The Balaban J connectivity index is 1.34. The van der Waals surface area contributed by atoms with E-state index in [4.69, 9.17) is 0 Å². The summed E-state index contributed by atoms with van der Waals surface area (Å²) in [5.41, 5.74) is 5.48. The van der Waals surface area contributed by atoms with Crippen LogP contribution in [0.2, 0.25) is 0 Å². The third kappa shape index (κ3) is 4.00. The standard InChI is InChI=1S/C25H22N6O/c1-18-24-22(20-10-6-3-7-11-20)12-13-26-25(24)31(29-18)17-23(32)28-21-14-27-30(16-21)15-19-8-4-2-5-9-19/h2-14,16H,15,17H2,1H3,(H,28,32). The molecule has 0 radical (unpaired) electrons. The second-order valence-electron chi connectivity index (χ2n) is 7.63. The van der Waals surface area contributed by atoms with Crippen LogP contribution in [0.4, 0.5) is 5.69 Å². The molecule has 3 heterocycles. The van der Waals surface area contributed by atoms with Crippen LogP contribution < -0.4 is 5.32 Å². The molecule has 0 aliphatic carbocycles. The number of fused-ring (bicyclic) bond motifs is 1. The monoisotopic (exact) mass is 422 g/mol. The molecular weight excluding hydrogens is 400 g/mol. The molecule has 0 aliphatic heterocycles. The minimum Gasteiger partial charge on any atom is -0.322 e. The number of nitrogens with zero attached hydrogens (tertiary/aromatic N) is 5. The SMILES string of the molecule is Cc1nn(CC(=O)Nc2cnn(Cc3ccccc3)c2)c2nccc(-c3ccccc3)c12. The van der Waals surface area contributed by atoms with Gasteiger partial charge in [-0.15, -0.1) is 0 Å². The summed E-state index contributed by atoms with van der Waals surface area (Å²) in [5, 5.41) is 12.8. The van der Waals surface area contributed by atoms with E-state index in [1.807, 2.05) is 67.7 Å². The third-order valence-electron chi connectivity index (χ3n) is 5.29. The number of aryl methyl sites for hydroxylation is 1. The summed E-state index contributed by atoms with van der Waals surface area (Å²) in [4.78, 5) is 17.2.